The van der Waals surface area contributed by atoms with Gasteiger partial charge in [-0.3, -0.25) is 4.98 Å². The van der Waals surface area contributed by atoms with Crippen LogP contribution in [-0.2, 0) is 0 Å². The zero-order valence-electron chi connectivity index (χ0n) is 12.0. The minimum atomic E-state index is 0.870. The highest BCUT2D eigenvalue weighted by Gasteiger charge is 2.15. The van der Waals surface area contributed by atoms with Crippen LogP contribution in [-0.4, -0.2) is 19.9 Å². The Kier molecular flexibility index (Phi) is 2.63. The molecule has 108 valence electrons. The van der Waals surface area contributed by atoms with E-state index < -0.39 is 0 Å². The molecule has 5 aromatic rings. The largest absolute Gasteiger partial charge is 0.254 e. The fraction of sp³-hybridized carbons (Fsp3) is 0. The second-order valence-electron chi connectivity index (χ2n) is 5.24. The van der Waals surface area contributed by atoms with Crippen molar-refractivity contribution in [3.8, 4) is 11.4 Å². The molecule has 0 saturated carbocycles. The zero-order valence-corrected chi connectivity index (χ0v) is 12.8. The maximum atomic E-state index is 4.59. The summed E-state index contributed by atoms with van der Waals surface area (Å²) in [6.07, 6.45) is 5.25. The van der Waals surface area contributed by atoms with Gasteiger partial charge in [0, 0.05) is 23.2 Å². The van der Waals surface area contributed by atoms with Crippen molar-refractivity contribution < 1.29 is 0 Å². The van der Waals surface area contributed by atoms with E-state index in [0.717, 1.165) is 42.6 Å². The fourth-order valence-electron chi connectivity index (χ4n) is 2.89. The number of aromatic nitrogens is 4. The Balaban J connectivity index is 1.93. The molecule has 0 aliphatic rings. The summed E-state index contributed by atoms with van der Waals surface area (Å²) >= 11 is 1.62. The van der Waals surface area contributed by atoms with Gasteiger partial charge in [-0.2, -0.15) is 0 Å². The maximum absolute atomic E-state index is 4.59. The molecule has 0 amide bonds. The molecule has 0 unspecified atom stereocenters. The molecule has 0 saturated heterocycles. The van der Waals surface area contributed by atoms with Crippen LogP contribution in [0.3, 0.4) is 0 Å². The van der Waals surface area contributed by atoms with Crippen molar-refractivity contribution >= 4 is 42.5 Å². The Morgan fingerprint density at radius 2 is 1.61 bits per heavy atom. The van der Waals surface area contributed by atoms with Gasteiger partial charge >= 0.3 is 0 Å². The topological polar surface area (TPSA) is 51.6 Å². The fourth-order valence-corrected chi connectivity index (χ4v) is 3.98. The first-order chi connectivity index (χ1) is 11.4. The molecular weight excluding hydrogens is 304 g/mol. The van der Waals surface area contributed by atoms with Crippen LogP contribution < -0.4 is 0 Å². The average molecular weight is 314 g/mol. The molecule has 0 atom stereocenters. The number of fused-ring (bicyclic) bond motifs is 4. The molecule has 0 N–H and O–H groups in total. The summed E-state index contributed by atoms with van der Waals surface area (Å²) in [5, 5.41) is 3.32. The number of nitrogens with zero attached hydrogens (tertiary/aromatic N) is 4. The third kappa shape index (κ3) is 1.83. The lowest BCUT2D eigenvalue weighted by atomic mass is 10.1. The second-order valence-corrected chi connectivity index (χ2v) is 6.24. The van der Waals surface area contributed by atoms with Gasteiger partial charge in [-0.05, 0) is 23.6 Å². The number of hydrogen-bond donors (Lipinski definition) is 0. The van der Waals surface area contributed by atoms with Crippen LogP contribution in [0.2, 0.25) is 0 Å². The molecule has 0 bridgehead atoms. The van der Waals surface area contributed by atoms with Crippen molar-refractivity contribution in [1.29, 1.82) is 0 Å². The van der Waals surface area contributed by atoms with E-state index in [-0.39, 0.29) is 0 Å². The smallest absolute Gasteiger partial charge is 0.126 e. The summed E-state index contributed by atoms with van der Waals surface area (Å²) in [4.78, 5) is 19.0. The van der Waals surface area contributed by atoms with Crippen LogP contribution in [0.5, 0.6) is 0 Å². The number of rotatable bonds is 1. The lowest BCUT2D eigenvalue weighted by molar-refractivity contribution is 1.21. The summed E-state index contributed by atoms with van der Waals surface area (Å²) in [5.41, 5.74) is 2.70. The van der Waals surface area contributed by atoms with Crippen molar-refractivity contribution in [2.24, 2.45) is 0 Å². The van der Waals surface area contributed by atoms with Crippen molar-refractivity contribution in [3.63, 3.8) is 0 Å². The minimum Gasteiger partial charge on any atom is -0.254 e. The highest BCUT2D eigenvalue weighted by atomic mass is 32.1. The Labute approximate surface area is 135 Å². The molecule has 4 heterocycles. The Bertz CT molecular complexity index is 1170. The van der Waals surface area contributed by atoms with Crippen LogP contribution in [0.15, 0.2) is 61.2 Å². The van der Waals surface area contributed by atoms with Gasteiger partial charge in [-0.25, -0.2) is 15.0 Å². The second kappa shape index (κ2) is 4.79. The molecule has 0 aliphatic carbocycles. The minimum absolute atomic E-state index is 0.870. The Morgan fingerprint density at radius 1 is 0.696 bits per heavy atom. The van der Waals surface area contributed by atoms with E-state index in [2.05, 4.69) is 38.1 Å². The van der Waals surface area contributed by atoms with Crippen molar-refractivity contribution in [3.05, 3.63) is 61.2 Å². The van der Waals surface area contributed by atoms with Gasteiger partial charge in [0.15, 0.2) is 0 Å². The Hall–Kier alpha value is -2.92. The first-order valence-corrected chi connectivity index (χ1v) is 8.06. The molecule has 23 heavy (non-hydrogen) atoms. The highest BCUT2D eigenvalue weighted by molar-refractivity contribution is 7.25. The van der Waals surface area contributed by atoms with Crippen LogP contribution in [0.4, 0.5) is 0 Å². The third-order valence-corrected chi connectivity index (χ3v) is 5.04. The molecule has 5 heteroatoms. The van der Waals surface area contributed by atoms with E-state index in [0.29, 0.717) is 0 Å². The van der Waals surface area contributed by atoms with Crippen LogP contribution >= 0.6 is 11.3 Å². The summed E-state index contributed by atoms with van der Waals surface area (Å²) in [5.74, 6) is 0. The predicted octanol–water partition coefficient (Wildman–Crippen LogP) is 4.45. The molecule has 0 radical (unpaired) electrons. The summed E-state index contributed by atoms with van der Waals surface area (Å²) in [6, 6.07) is 14.2. The van der Waals surface area contributed by atoms with E-state index in [9.17, 15) is 0 Å². The molecule has 4 aromatic heterocycles. The molecule has 4 nitrogen and oxygen atoms in total. The predicted molar refractivity (Wildman–Crippen MR) is 93.5 cm³/mol. The molecule has 0 aliphatic heterocycles. The monoisotopic (exact) mass is 314 g/mol. The van der Waals surface area contributed by atoms with Gasteiger partial charge in [0.2, 0.25) is 0 Å². The van der Waals surface area contributed by atoms with Crippen LogP contribution in [0, 0.1) is 0 Å². The first-order valence-electron chi connectivity index (χ1n) is 7.24. The number of hydrogen-bond acceptors (Lipinski definition) is 5. The van der Waals surface area contributed by atoms with Crippen LogP contribution in [0.25, 0.3) is 42.6 Å². The SMILES string of the molecule is c1ccc2c(-c3ncnc4c3sc3ncccc34)nccc2c1. The van der Waals surface area contributed by atoms with Gasteiger partial charge in [-0.15, -0.1) is 11.3 Å². The lowest BCUT2D eigenvalue weighted by Gasteiger charge is -2.05. The summed E-state index contributed by atoms with van der Waals surface area (Å²) in [6.45, 7) is 0. The number of pyridine rings is 2. The van der Waals surface area contributed by atoms with Crippen molar-refractivity contribution in [2.75, 3.05) is 0 Å². The standard InChI is InChI=1S/C18H10N4S/c1-2-5-12-11(4-1)7-9-19-14(12)16-17-15(21-10-22-16)13-6-3-8-20-18(13)23-17/h1-10H. The highest BCUT2D eigenvalue weighted by Crippen LogP contribution is 2.37. The summed E-state index contributed by atoms with van der Waals surface area (Å²) < 4.78 is 1.03. The van der Waals surface area contributed by atoms with Crippen molar-refractivity contribution in [2.45, 2.75) is 0 Å². The van der Waals surface area contributed by atoms with Crippen LogP contribution in [0.1, 0.15) is 0 Å². The molecule has 0 fully saturated rings. The van der Waals surface area contributed by atoms with E-state index in [1.54, 1.807) is 23.9 Å². The van der Waals surface area contributed by atoms with E-state index >= 15 is 0 Å². The lowest BCUT2D eigenvalue weighted by Crippen LogP contribution is -1.90. The zero-order chi connectivity index (χ0) is 15.2. The average Bonchev–Trinajstić information content (AvgIpc) is 3.00. The first kappa shape index (κ1) is 12.6. The maximum Gasteiger partial charge on any atom is 0.126 e. The molecule has 0 spiro atoms. The molecular formula is C18H10N4S. The number of benzene rings is 1. The Morgan fingerprint density at radius 3 is 2.61 bits per heavy atom. The van der Waals surface area contributed by atoms with Gasteiger partial charge < -0.3 is 0 Å². The van der Waals surface area contributed by atoms with Gasteiger partial charge in [0.1, 0.15) is 16.9 Å². The normalized spacial score (nSPS) is 11.5. The quantitative estimate of drug-likeness (QED) is 0.458. The molecule has 1 aromatic carbocycles. The summed E-state index contributed by atoms with van der Waals surface area (Å²) in [7, 11) is 0. The number of thiophene rings is 1. The third-order valence-electron chi connectivity index (χ3n) is 3.93. The van der Waals surface area contributed by atoms with Gasteiger partial charge in [-0.1, -0.05) is 24.3 Å². The molecule has 5 rings (SSSR count). The van der Waals surface area contributed by atoms with Gasteiger partial charge in [0.05, 0.1) is 15.9 Å². The van der Waals surface area contributed by atoms with E-state index in [4.69, 9.17) is 0 Å². The van der Waals surface area contributed by atoms with Crippen molar-refractivity contribution in [1.82, 2.24) is 19.9 Å². The van der Waals surface area contributed by atoms with Gasteiger partial charge in [0.25, 0.3) is 0 Å². The van der Waals surface area contributed by atoms with E-state index in [1.807, 2.05) is 30.5 Å². The van der Waals surface area contributed by atoms with E-state index in [1.165, 1.54) is 0 Å².